The molecule has 0 aliphatic heterocycles. The number of amides is 1. The molecule has 0 unspecified atom stereocenters. The maximum atomic E-state index is 11.9. The molecule has 0 bridgehead atoms. The summed E-state index contributed by atoms with van der Waals surface area (Å²) in [5.41, 5.74) is 1.12. The van der Waals surface area contributed by atoms with Crippen LogP contribution < -0.4 is 5.32 Å². The van der Waals surface area contributed by atoms with Crippen LogP contribution >= 0.6 is 43.2 Å². The summed E-state index contributed by atoms with van der Waals surface area (Å²) in [6.07, 6.45) is 0. The zero-order valence-electron chi connectivity index (χ0n) is 9.65. The fourth-order valence-corrected chi connectivity index (χ4v) is 4.27. The number of thiophene rings is 1. The van der Waals surface area contributed by atoms with E-state index in [2.05, 4.69) is 37.2 Å². The molecule has 0 aliphatic carbocycles. The Kier molecular flexibility index (Phi) is 4.90. The summed E-state index contributed by atoms with van der Waals surface area (Å²) in [5.74, 6) is -0.377. The van der Waals surface area contributed by atoms with Crippen molar-refractivity contribution in [2.24, 2.45) is 0 Å². The number of hydrogen-bond acceptors (Lipinski definition) is 3. The zero-order chi connectivity index (χ0) is 13.8. The van der Waals surface area contributed by atoms with Gasteiger partial charge in [0.15, 0.2) is 5.78 Å². The molecular formula is C13H9Br2NO2S. The van der Waals surface area contributed by atoms with Gasteiger partial charge >= 0.3 is 0 Å². The van der Waals surface area contributed by atoms with E-state index in [-0.39, 0.29) is 18.2 Å². The van der Waals surface area contributed by atoms with Crippen LogP contribution in [0.3, 0.4) is 0 Å². The van der Waals surface area contributed by atoms with Crippen LogP contribution in [-0.2, 0) is 0 Å². The summed E-state index contributed by atoms with van der Waals surface area (Å²) in [4.78, 5) is 23.7. The molecule has 1 aromatic carbocycles. The molecule has 1 heterocycles. The molecular weight excluding hydrogens is 394 g/mol. The van der Waals surface area contributed by atoms with Crippen LogP contribution in [-0.4, -0.2) is 18.2 Å². The maximum Gasteiger partial charge on any atom is 0.253 e. The summed E-state index contributed by atoms with van der Waals surface area (Å²) in [6, 6.07) is 10.6. The number of benzene rings is 1. The van der Waals surface area contributed by atoms with Crippen LogP contribution in [0.25, 0.3) is 0 Å². The molecule has 98 valence electrons. The maximum absolute atomic E-state index is 11.9. The van der Waals surface area contributed by atoms with Gasteiger partial charge in [-0.15, -0.1) is 11.3 Å². The van der Waals surface area contributed by atoms with E-state index in [4.69, 9.17) is 0 Å². The Morgan fingerprint density at radius 1 is 1.16 bits per heavy atom. The van der Waals surface area contributed by atoms with Crippen LogP contribution in [0, 0.1) is 0 Å². The van der Waals surface area contributed by atoms with Gasteiger partial charge in [0, 0.05) is 5.56 Å². The highest BCUT2D eigenvalue weighted by atomic mass is 79.9. The molecule has 0 radical (unpaired) electrons. The number of hydrogen-bond donors (Lipinski definition) is 1. The van der Waals surface area contributed by atoms with Crippen molar-refractivity contribution in [3.8, 4) is 0 Å². The lowest BCUT2D eigenvalue weighted by atomic mass is 10.1. The lowest BCUT2D eigenvalue weighted by Gasteiger charge is -2.03. The van der Waals surface area contributed by atoms with Gasteiger partial charge < -0.3 is 5.32 Å². The highest BCUT2D eigenvalue weighted by Gasteiger charge is 2.14. The normalized spacial score (nSPS) is 10.2. The van der Waals surface area contributed by atoms with E-state index in [1.54, 1.807) is 30.3 Å². The summed E-state index contributed by atoms with van der Waals surface area (Å²) < 4.78 is 1.60. The van der Waals surface area contributed by atoms with Gasteiger partial charge in [-0.25, -0.2) is 0 Å². The third kappa shape index (κ3) is 3.75. The Labute approximate surface area is 131 Å². The standard InChI is InChI=1S/C13H9Br2NO2S/c14-11-6-9(12(15)19-11)13(18)16-7-10(17)8-4-2-1-3-5-8/h1-6H,7H2,(H,16,18). The first kappa shape index (κ1) is 14.4. The molecule has 1 N–H and O–H groups in total. The molecule has 2 rings (SSSR count). The molecule has 1 aromatic heterocycles. The second-order valence-corrected chi connectivity index (χ2v) is 7.46. The number of nitrogens with one attached hydrogen (secondary N) is 1. The largest absolute Gasteiger partial charge is 0.345 e. The van der Waals surface area contributed by atoms with Crippen LogP contribution in [0.1, 0.15) is 20.7 Å². The molecule has 0 saturated carbocycles. The lowest BCUT2D eigenvalue weighted by Crippen LogP contribution is -2.29. The predicted molar refractivity (Wildman–Crippen MR) is 82.8 cm³/mol. The second-order valence-electron chi connectivity index (χ2n) is 3.71. The summed E-state index contributed by atoms with van der Waals surface area (Å²) in [7, 11) is 0. The number of carbonyl (C=O) groups excluding carboxylic acids is 2. The Bertz CT molecular complexity index is 610. The van der Waals surface area contributed by atoms with E-state index >= 15 is 0 Å². The van der Waals surface area contributed by atoms with Gasteiger partial charge in [0.05, 0.1) is 19.7 Å². The van der Waals surface area contributed by atoms with Gasteiger partial charge in [-0.05, 0) is 37.9 Å². The third-order valence-corrected chi connectivity index (χ3v) is 4.75. The van der Waals surface area contributed by atoms with Crippen molar-refractivity contribution in [3.63, 3.8) is 0 Å². The molecule has 0 fully saturated rings. The van der Waals surface area contributed by atoms with Gasteiger partial charge in [0.25, 0.3) is 5.91 Å². The van der Waals surface area contributed by atoms with Crippen molar-refractivity contribution < 1.29 is 9.59 Å². The SMILES string of the molecule is O=C(CNC(=O)c1cc(Br)sc1Br)c1ccccc1. The molecule has 0 aliphatic rings. The first-order chi connectivity index (χ1) is 9.08. The molecule has 1 amide bonds. The van der Waals surface area contributed by atoms with Gasteiger partial charge in [-0.1, -0.05) is 30.3 Å². The fourth-order valence-electron chi connectivity index (χ4n) is 1.48. The number of carbonyl (C=O) groups is 2. The second kappa shape index (κ2) is 6.45. The minimum atomic E-state index is -0.266. The fraction of sp³-hybridized carbons (Fsp3) is 0.0769. The summed E-state index contributed by atoms with van der Waals surface area (Å²) in [6.45, 7) is -0.0112. The number of halogens is 2. The van der Waals surface area contributed by atoms with Crippen LogP contribution in [0.4, 0.5) is 0 Å². The molecule has 19 heavy (non-hydrogen) atoms. The van der Waals surface area contributed by atoms with E-state index in [0.717, 1.165) is 7.57 Å². The molecule has 6 heteroatoms. The quantitative estimate of drug-likeness (QED) is 0.788. The Balaban J connectivity index is 1.98. The minimum absolute atomic E-state index is 0.0112. The van der Waals surface area contributed by atoms with Gasteiger partial charge in [-0.2, -0.15) is 0 Å². The van der Waals surface area contributed by atoms with Gasteiger partial charge in [-0.3, -0.25) is 9.59 Å². The highest BCUT2D eigenvalue weighted by Crippen LogP contribution is 2.31. The molecule has 0 spiro atoms. The predicted octanol–water partition coefficient (Wildman–Crippen LogP) is 3.89. The third-order valence-electron chi connectivity index (χ3n) is 2.41. The molecule has 2 aromatic rings. The average molecular weight is 403 g/mol. The topological polar surface area (TPSA) is 46.2 Å². The summed E-state index contributed by atoms with van der Waals surface area (Å²) >= 11 is 8.04. The van der Waals surface area contributed by atoms with E-state index in [1.165, 1.54) is 11.3 Å². The van der Waals surface area contributed by atoms with Crippen molar-refractivity contribution in [2.45, 2.75) is 0 Å². The van der Waals surface area contributed by atoms with Crippen molar-refractivity contribution in [1.82, 2.24) is 5.32 Å². The smallest absolute Gasteiger partial charge is 0.253 e. The molecule has 0 saturated heterocycles. The van der Waals surface area contributed by atoms with Crippen molar-refractivity contribution in [3.05, 3.63) is 55.1 Å². The molecule has 3 nitrogen and oxygen atoms in total. The van der Waals surface area contributed by atoms with Crippen LogP contribution in [0.2, 0.25) is 0 Å². The highest BCUT2D eigenvalue weighted by molar-refractivity contribution is 9.12. The summed E-state index contributed by atoms with van der Waals surface area (Å²) in [5, 5.41) is 2.62. The number of ketones is 1. The van der Waals surface area contributed by atoms with Crippen molar-refractivity contribution in [2.75, 3.05) is 6.54 Å². The Morgan fingerprint density at radius 2 is 1.84 bits per heavy atom. The number of rotatable bonds is 4. The first-order valence-corrected chi connectivity index (χ1v) is 7.79. The van der Waals surface area contributed by atoms with Crippen molar-refractivity contribution in [1.29, 1.82) is 0 Å². The first-order valence-electron chi connectivity index (χ1n) is 5.39. The molecule has 0 atom stereocenters. The van der Waals surface area contributed by atoms with Gasteiger partial charge in [0.1, 0.15) is 0 Å². The Morgan fingerprint density at radius 3 is 2.42 bits per heavy atom. The van der Waals surface area contributed by atoms with E-state index in [0.29, 0.717) is 11.1 Å². The van der Waals surface area contributed by atoms with E-state index < -0.39 is 0 Å². The van der Waals surface area contributed by atoms with E-state index in [9.17, 15) is 9.59 Å². The monoisotopic (exact) mass is 401 g/mol. The zero-order valence-corrected chi connectivity index (χ0v) is 13.6. The van der Waals surface area contributed by atoms with Crippen LogP contribution in [0.15, 0.2) is 44.0 Å². The van der Waals surface area contributed by atoms with E-state index in [1.807, 2.05) is 6.07 Å². The minimum Gasteiger partial charge on any atom is -0.345 e. The lowest BCUT2D eigenvalue weighted by molar-refractivity contribution is 0.0904. The van der Waals surface area contributed by atoms with Crippen molar-refractivity contribution >= 4 is 54.9 Å². The van der Waals surface area contributed by atoms with Gasteiger partial charge in [0.2, 0.25) is 0 Å². The Hall–Kier alpha value is -0.980. The number of Topliss-reactive ketones (excluding diaryl/α,β-unsaturated/α-hetero) is 1. The van der Waals surface area contributed by atoms with Crippen LogP contribution in [0.5, 0.6) is 0 Å². The average Bonchev–Trinajstić information content (AvgIpc) is 2.75.